The average molecular weight is 379 g/mol. The Morgan fingerprint density at radius 3 is 0.783 bits per heavy atom. The molecule has 2 N–H and O–H groups in total. The maximum atomic E-state index is 4.16. The molecule has 0 aliphatic carbocycles. The second-order valence-electron chi connectivity index (χ2n) is 11.2. The lowest BCUT2D eigenvalue weighted by molar-refractivity contribution is 0.693. The molecule has 0 amide bonds. The zero-order valence-corrected chi connectivity index (χ0v) is 21.2. The predicted octanol–water partition coefficient (Wildman–Crippen LogP) is 6.86. The lowest BCUT2D eigenvalue weighted by Gasteiger charge is -2.50. The normalized spacial score (nSPS) is 15.7. The molecule has 2 nitrogen and oxygen atoms in total. The molecule has 0 aromatic carbocycles. The van der Waals surface area contributed by atoms with E-state index < -0.39 is 8.40 Å². The molecular formula is C18H44N2P2Si. The van der Waals surface area contributed by atoms with Crippen LogP contribution in [0.2, 0.25) is 13.1 Å². The van der Waals surface area contributed by atoms with E-state index >= 15 is 0 Å². The summed E-state index contributed by atoms with van der Waals surface area (Å²) in [6.45, 7) is 33.5. The van der Waals surface area contributed by atoms with Crippen molar-refractivity contribution in [2.75, 3.05) is 0 Å². The van der Waals surface area contributed by atoms with Gasteiger partial charge in [-0.25, -0.2) is 0 Å². The molecule has 0 aromatic heterocycles. The first-order chi connectivity index (χ1) is 9.68. The van der Waals surface area contributed by atoms with Crippen LogP contribution in [0.5, 0.6) is 0 Å². The van der Waals surface area contributed by atoms with Crippen LogP contribution in [-0.4, -0.2) is 29.0 Å². The average Bonchev–Trinajstić information content (AvgIpc) is 2.16. The van der Waals surface area contributed by atoms with Crippen LogP contribution < -0.4 is 9.51 Å². The summed E-state index contributed by atoms with van der Waals surface area (Å²) in [6, 6.07) is 0. The van der Waals surface area contributed by atoms with Crippen LogP contribution in [-0.2, 0) is 0 Å². The molecule has 23 heavy (non-hydrogen) atoms. The van der Waals surface area contributed by atoms with E-state index in [2.05, 4.69) is 106 Å². The monoisotopic (exact) mass is 378 g/mol. The van der Waals surface area contributed by atoms with Gasteiger partial charge in [-0.15, -0.1) is 0 Å². The Hall–Kier alpha value is 0.997. The number of nitrogens with one attached hydrogen (secondary N) is 2. The van der Waals surface area contributed by atoms with Gasteiger partial charge in [-0.1, -0.05) is 83.1 Å². The van der Waals surface area contributed by atoms with E-state index in [0.717, 1.165) is 0 Å². The van der Waals surface area contributed by atoms with Crippen molar-refractivity contribution >= 4 is 24.5 Å². The minimum atomic E-state index is -1.71. The zero-order chi connectivity index (χ0) is 19.1. The van der Waals surface area contributed by atoms with Gasteiger partial charge in [0.25, 0.3) is 0 Å². The third-order valence-corrected chi connectivity index (χ3v) is 15.1. The Bertz CT molecular complexity index is 318. The Morgan fingerprint density at radius 1 is 0.478 bits per heavy atom. The van der Waals surface area contributed by atoms with Gasteiger partial charge in [0.05, 0.1) is 0 Å². The van der Waals surface area contributed by atoms with Gasteiger partial charge in [0.15, 0.2) is 0 Å². The van der Waals surface area contributed by atoms with Crippen molar-refractivity contribution in [3.8, 4) is 0 Å². The molecule has 0 fully saturated rings. The molecule has 5 heteroatoms. The van der Waals surface area contributed by atoms with Crippen LogP contribution in [0, 0.1) is 0 Å². The van der Waals surface area contributed by atoms with Crippen molar-refractivity contribution in [2.24, 2.45) is 0 Å². The highest BCUT2D eigenvalue weighted by molar-refractivity contribution is 7.63. The molecule has 0 saturated carbocycles. The first-order valence-electron chi connectivity index (χ1n) is 8.84. The van der Waals surface area contributed by atoms with Crippen molar-refractivity contribution in [1.82, 2.24) is 9.51 Å². The number of rotatable bonds is 4. The SMILES string of the molecule is CC(C)(C)P(N[Si](C)(C)NP(C(C)(C)C)C(C)(C)C)C(C)(C)C. The molecule has 0 radical (unpaired) electrons. The van der Waals surface area contributed by atoms with Gasteiger partial charge in [-0.2, -0.15) is 0 Å². The second-order valence-corrected chi connectivity index (χ2v) is 22.9. The first-order valence-corrected chi connectivity index (χ1v) is 14.5. The van der Waals surface area contributed by atoms with Crippen molar-refractivity contribution in [2.45, 2.75) is 117 Å². The lowest BCUT2D eigenvalue weighted by Crippen LogP contribution is -2.58. The molecular weight excluding hydrogens is 334 g/mol. The summed E-state index contributed by atoms with van der Waals surface area (Å²) < 4.78 is 8.31. The molecule has 0 aliphatic heterocycles. The fourth-order valence-corrected chi connectivity index (χ4v) is 17.8. The molecule has 0 bridgehead atoms. The highest BCUT2D eigenvalue weighted by atomic mass is 31.1. The fourth-order valence-electron chi connectivity index (χ4n) is 3.27. The van der Waals surface area contributed by atoms with Crippen LogP contribution in [0.25, 0.3) is 0 Å². The van der Waals surface area contributed by atoms with Gasteiger partial charge in [0, 0.05) is 0 Å². The van der Waals surface area contributed by atoms with Crippen LogP contribution >= 0.6 is 16.1 Å². The summed E-state index contributed by atoms with van der Waals surface area (Å²) in [7, 11) is -2.26. The smallest absolute Gasteiger partial charge is 0.202 e. The van der Waals surface area contributed by atoms with E-state index in [4.69, 9.17) is 0 Å². The van der Waals surface area contributed by atoms with E-state index in [0.29, 0.717) is 20.6 Å². The molecule has 140 valence electrons. The standard InChI is InChI=1S/C18H44N2P2Si/c1-15(2,3)21(16(4,5)6)19-23(13,14)20-22(17(7,8)9)18(10,11)12/h19-20H,1-14H3. The van der Waals surface area contributed by atoms with Crippen LogP contribution in [0.15, 0.2) is 0 Å². The molecule has 0 aliphatic rings. The van der Waals surface area contributed by atoms with Crippen LogP contribution in [0.3, 0.4) is 0 Å². The van der Waals surface area contributed by atoms with Gasteiger partial charge in [-0.05, 0) is 49.9 Å². The number of hydrogen-bond acceptors (Lipinski definition) is 2. The van der Waals surface area contributed by atoms with Gasteiger partial charge in [0.1, 0.15) is 0 Å². The molecule has 0 unspecified atom stereocenters. The van der Waals surface area contributed by atoms with Crippen LogP contribution in [0.1, 0.15) is 83.1 Å². The fraction of sp³-hybridized carbons (Fsp3) is 1.00. The predicted molar refractivity (Wildman–Crippen MR) is 117 cm³/mol. The van der Waals surface area contributed by atoms with E-state index in [9.17, 15) is 0 Å². The summed E-state index contributed by atoms with van der Waals surface area (Å²) in [4.78, 5) is 0. The van der Waals surface area contributed by atoms with E-state index in [1.165, 1.54) is 0 Å². The molecule has 0 atom stereocenters. The minimum Gasteiger partial charge on any atom is -0.303 e. The Morgan fingerprint density at radius 2 is 0.652 bits per heavy atom. The molecule has 0 saturated heterocycles. The summed E-state index contributed by atoms with van der Waals surface area (Å²) in [5.74, 6) is 0. The Labute approximate surface area is 151 Å². The maximum Gasteiger partial charge on any atom is 0.202 e. The molecule has 0 spiro atoms. The molecule has 0 heterocycles. The summed E-state index contributed by atoms with van der Waals surface area (Å²) in [5.41, 5.74) is 0. The van der Waals surface area contributed by atoms with Gasteiger partial charge in [-0.3, -0.25) is 0 Å². The Balaban J connectivity index is 5.47. The number of hydrogen-bond donors (Lipinski definition) is 2. The molecule has 0 rings (SSSR count). The highest BCUT2D eigenvalue weighted by Crippen LogP contribution is 2.59. The maximum absolute atomic E-state index is 4.16. The zero-order valence-electron chi connectivity index (χ0n) is 18.4. The van der Waals surface area contributed by atoms with Gasteiger partial charge < -0.3 is 9.51 Å². The van der Waals surface area contributed by atoms with E-state index in [1.54, 1.807) is 0 Å². The Kier molecular flexibility index (Phi) is 7.63. The summed E-state index contributed by atoms with van der Waals surface area (Å²) >= 11 is 0. The second kappa shape index (κ2) is 7.32. The third kappa shape index (κ3) is 8.28. The van der Waals surface area contributed by atoms with Gasteiger partial charge in [0.2, 0.25) is 8.40 Å². The summed E-state index contributed by atoms with van der Waals surface area (Å²) in [6.07, 6.45) is 0. The molecule has 0 aromatic rings. The van der Waals surface area contributed by atoms with Gasteiger partial charge >= 0.3 is 0 Å². The first kappa shape index (κ1) is 24.0. The highest BCUT2D eigenvalue weighted by Gasteiger charge is 2.43. The minimum absolute atomic E-state index is 0.273. The largest absolute Gasteiger partial charge is 0.303 e. The van der Waals surface area contributed by atoms with Crippen molar-refractivity contribution in [3.05, 3.63) is 0 Å². The summed E-state index contributed by atoms with van der Waals surface area (Å²) in [5, 5.41) is 1.25. The van der Waals surface area contributed by atoms with E-state index in [-0.39, 0.29) is 16.1 Å². The lowest BCUT2D eigenvalue weighted by atomic mass is 10.2. The van der Waals surface area contributed by atoms with Crippen molar-refractivity contribution in [1.29, 1.82) is 0 Å². The topological polar surface area (TPSA) is 24.1 Å². The van der Waals surface area contributed by atoms with Crippen molar-refractivity contribution in [3.63, 3.8) is 0 Å². The van der Waals surface area contributed by atoms with Crippen LogP contribution in [0.4, 0.5) is 0 Å². The van der Waals surface area contributed by atoms with E-state index in [1.807, 2.05) is 0 Å². The third-order valence-electron chi connectivity index (χ3n) is 3.47. The quantitative estimate of drug-likeness (QED) is 0.412. The van der Waals surface area contributed by atoms with Crippen molar-refractivity contribution < 1.29 is 0 Å².